The number of H-pyrrole nitrogens is 1. The van der Waals surface area contributed by atoms with Gasteiger partial charge in [-0.3, -0.25) is 9.89 Å². The normalized spacial score (nSPS) is 10.2. The van der Waals surface area contributed by atoms with Crippen molar-refractivity contribution in [2.45, 2.75) is 0 Å². The van der Waals surface area contributed by atoms with Crippen LogP contribution in [0, 0.1) is 11.3 Å². The van der Waals surface area contributed by atoms with E-state index < -0.39 is 0 Å². The molecule has 0 aliphatic carbocycles. The molecule has 0 spiro atoms. The molecule has 0 aliphatic heterocycles. The van der Waals surface area contributed by atoms with E-state index in [1.54, 1.807) is 30.3 Å². The Morgan fingerprint density at radius 1 is 1.00 bits per heavy atom. The van der Waals surface area contributed by atoms with E-state index in [0.717, 1.165) is 11.3 Å². The van der Waals surface area contributed by atoms with Gasteiger partial charge in [0, 0.05) is 6.07 Å². The number of nitrogens with one attached hydrogen (secondary N) is 1. The molecule has 1 N–H and O–H groups in total. The fourth-order valence-electron chi connectivity index (χ4n) is 2.04. The van der Waals surface area contributed by atoms with Crippen LogP contribution in [0.1, 0.15) is 5.56 Å². The van der Waals surface area contributed by atoms with Crippen molar-refractivity contribution < 1.29 is 0 Å². The third-order valence-electron chi connectivity index (χ3n) is 3.06. The summed E-state index contributed by atoms with van der Waals surface area (Å²) < 4.78 is 1.46. The summed E-state index contributed by atoms with van der Waals surface area (Å²) in [5, 5.41) is 11.9. The number of hydrogen-bond acceptors (Lipinski definition) is 2. The van der Waals surface area contributed by atoms with Gasteiger partial charge in [-0.1, -0.05) is 30.3 Å². The highest BCUT2D eigenvalue weighted by Gasteiger charge is 2.06. The second kappa shape index (κ2) is 4.90. The van der Waals surface area contributed by atoms with Crippen molar-refractivity contribution in [3.63, 3.8) is 0 Å². The molecule has 0 amide bonds. The standard InChI is InChI=1S/C16H11N3O/c17-11-12-6-8-14(9-7-12)19-16(20)10-15(18-19)13-4-2-1-3-5-13/h1-10,18H. The first-order chi connectivity index (χ1) is 9.78. The molecular weight excluding hydrogens is 250 g/mol. The first-order valence-corrected chi connectivity index (χ1v) is 6.16. The van der Waals surface area contributed by atoms with E-state index in [2.05, 4.69) is 11.2 Å². The number of benzene rings is 2. The molecule has 1 aromatic heterocycles. The van der Waals surface area contributed by atoms with Crippen molar-refractivity contribution in [2.75, 3.05) is 0 Å². The van der Waals surface area contributed by atoms with E-state index in [9.17, 15) is 4.79 Å². The molecular formula is C16H11N3O. The SMILES string of the molecule is N#Cc1ccc(-n2[nH]c(-c3ccccc3)cc2=O)cc1. The number of aromatic nitrogens is 2. The second-order valence-electron chi connectivity index (χ2n) is 4.37. The molecule has 4 heteroatoms. The molecule has 0 atom stereocenters. The van der Waals surface area contributed by atoms with Crippen molar-refractivity contribution in [1.82, 2.24) is 9.78 Å². The smallest absolute Gasteiger partial charge is 0.271 e. The number of rotatable bonds is 2. The Balaban J connectivity index is 2.05. The molecule has 4 nitrogen and oxygen atoms in total. The number of aromatic amines is 1. The molecule has 0 saturated carbocycles. The lowest BCUT2D eigenvalue weighted by Crippen LogP contribution is -2.13. The Hall–Kier alpha value is -3.06. The van der Waals surface area contributed by atoms with Crippen LogP contribution in [-0.2, 0) is 0 Å². The molecule has 0 radical (unpaired) electrons. The fourth-order valence-corrected chi connectivity index (χ4v) is 2.04. The average Bonchev–Trinajstić information content (AvgIpc) is 2.90. The predicted octanol–water partition coefficient (Wildman–Crippen LogP) is 2.70. The third kappa shape index (κ3) is 2.13. The monoisotopic (exact) mass is 261 g/mol. The van der Waals surface area contributed by atoms with Crippen LogP contribution in [0.5, 0.6) is 0 Å². The van der Waals surface area contributed by atoms with Crippen LogP contribution < -0.4 is 5.56 Å². The highest BCUT2D eigenvalue weighted by atomic mass is 16.1. The summed E-state index contributed by atoms with van der Waals surface area (Å²) >= 11 is 0. The van der Waals surface area contributed by atoms with Crippen molar-refractivity contribution >= 4 is 0 Å². The summed E-state index contributed by atoms with van der Waals surface area (Å²) in [5.41, 5.74) is 2.86. The van der Waals surface area contributed by atoms with Gasteiger partial charge in [0.05, 0.1) is 23.0 Å². The van der Waals surface area contributed by atoms with Crippen molar-refractivity contribution in [1.29, 1.82) is 5.26 Å². The van der Waals surface area contributed by atoms with Crippen molar-refractivity contribution in [3.8, 4) is 23.0 Å². The van der Waals surface area contributed by atoms with E-state index in [0.29, 0.717) is 11.3 Å². The molecule has 96 valence electrons. The minimum absolute atomic E-state index is 0.131. The zero-order valence-corrected chi connectivity index (χ0v) is 10.6. The summed E-state index contributed by atoms with van der Waals surface area (Å²) in [6.07, 6.45) is 0. The highest BCUT2D eigenvalue weighted by Crippen LogP contribution is 2.15. The summed E-state index contributed by atoms with van der Waals surface area (Å²) in [4.78, 5) is 12.0. The van der Waals surface area contributed by atoms with E-state index in [-0.39, 0.29) is 5.56 Å². The number of nitrogens with zero attached hydrogens (tertiary/aromatic N) is 2. The Morgan fingerprint density at radius 3 is 2.35 bits per heavy atom. The van der Waals surface area contributed by atoms with Gasteiger partial charge in [-0.15, -0.1) is 0 Å². The van der Waals surface area contributed by atoms with Crippen molar-refractivity contribution in [3.05, 3.63) is 76.6 Å². The fraction of sp³-hybridized carbons (Fsp3) is 0. The van der Waals surface area contributed by atoms with Crippen LogP contribution in [0.15, 0.2) is 65.5 Å². The molecule has 0 unspecified atom stereocenters. The summed E-state index contributed by atoms with van der Waals surface area (Å²) in [7, 11) is 0. The summed E-state index contributed by atoms with van der Waals surface area (Å²) in [6, 6.07) is 20.1. The summed E-state index contributed by atoms with van der Waals surface area (Å²) in [6.45, 7) is 0. The van der Waals surface area contributed by atoms with Gasteiger partial charge in [0.2, 0.25) is 0 Å². The maximum Gasteiger partial charge on any atom is 0.271 e. The van der Waals surface area contributed by atoms with Gasteiger partial charge >= 0.3 is 0 Å². The van der Waals surface area contributed by atoms with Gasteiger partial charge in [-0.05, 0) is 29.8 Å². The van der Waals surface area contributed by atoms with E-state index in [1.807, 2.05) is 30.3 Å². The topological polar surface area (TPSA) is 61.6 Å². The molecule has 1 heterocycles. The van der Waals surface area contributed by atoms with Gasteiger partial charge in [0.1, 0.15) is 0 Å². The van der Waals surface area contributed by atoms with Crippen LogP contribution in [0.4, 0.5) is 0 Å². The van der Waals surface area contributed by atoms with Crippen molar-refractivity contribution in [2.24, 2.45) is 0 Å². The van der Waals surface area contributed by atoms with Crippen LogP contribution in [0.3, 0.4) is 0 Å². The second-order valence-corrected chi connectivity index (χ2v) is 4.37. The maximum absolute atomic E-state index is 12.0. The molecule has 2 aromatic carbocycles. The van der Waals surface area contributed by atoms with E-state index in [1.165, 1.54) is 4.68 Å². The lowest BCUT2D eigenvalue weighted by atomic mass is 10.2. The van der Waals surface area contributed by atoms with E-state index >= 15 is 0 Å². The molecule has 0 saturated heterocycles. The Morgan fingerprint density at radius 2 is 1.70 bits per heavy atom. The molecule has 3 aromatic rings. The first kappa shape index (κ1) is 12.0. The van der Waals surface area contributed by atoms with E-state index in [4.69, 9.17) is 5.26 Å². The first-order valence-electron chi connectivity index (χ1n) is 6.16. The lowest BCUT2D eigenvalue weighted by Gasteiger charge is -2.02. The predicted molar refractivity (Wildman–Crippen MR) is 76.5 cm³/mol. The summed E-state index contributed by atoms with van der Waals surface area (Å²) in [5.74, 6) is 0. The molecule has 0 aliphatic rings. The van der Waals surface area contributed by atoms with Gasteiger partial charge in [-0.25, -0.2) is 4.68 Å². The van der Waals surface area contributed by atoms with Crippen LogP contribution in [0.25, 0.3) is 16.9 Å². The number of nitriles is 1. The van der Waals surface area contributed by atoms with Gasteiger partial charge in [0.25, 0.3) is 5.56 Å². The zero-order valence-electron chi connectivity index (χ0n) is 10.6. The Bertz CT molecular complexity index is 821. The average molecular weight is 261 g/mol. The molecule has 3 rings (SSSR count). The molecule has 0 bridgehead atoms. The maximum atomic E-state index is 12.0. The Labute approximate surface area is 115 Å². The molecule has 0 fully saturated rings. The lowest BCUT2D eigenvalue weighted by molar-refractivity contribution is 0.852. The van der Waals surface area contributed by atoms with Gasteiger partial charge in [0.15, 0.2) is 0 Å². The van der Waals surface area contributed by atoms with Gasteiger partial charge in [-0.2, -0.15) is 5.26 Å². The quantitative estimate of drug-likeness (QED) is 0.771. The van der Waals surface area contributed by atoms with Crippen LogP contribution in [0.2, 0.25) is 0 Å². The minimum atomic E-state index is -0.131. The number of hydrogen-bond donors (Lipinski definition) is 1. The van der Waals surface area contributed by atoms with Crippen LogP contribution in [-0.4, -0.2) is 9.78 Å². The Kier molecular flexibility index (Phi) is 2.94. The minimum Gasteiger partial charge on any atom is -0.290 e. The largest absolute Gasteiger partial charge is 0.290 e. The molecule has 20 heavy (non-hydrogen) atoms. The third-order valence-corrected chi connectivity index (χ3v) is 3.06. The van der Waals surface area contributed by atoms with Gasteiger partial charge < -0.3 is 0 Å². The van der Waals surface area contributed by atoms with Crippen LogP contribution >= 0.6 is 0 Å². The highest BCUT2D eigenvalue weighted by molar-refractivity contribution is 5.58. The zero-order chi connectivity index (χ0) is 13.9.